The van der Waals surface area contributed by atoms with Gasteiger partial charge in [0.2, 0.25) is 0 Å². The summed E-state index contributed by atoms with van der Waals surface area (Å²) in [4.78, 5) is 23.6. The van der Waals surface area contributed by atoms with Gasteiger partial charge in [-0.05, 0) is 80.5 Å². The second kappa shape index (κ2) is 8.63. The maximum atomic E-state index is 13.0. The van der Waals surface area contributed by atoms with E-state index < -0.39 is 27.2 Å². The molecule has 0 radical (unpaired) electrons. The van der Waals surface area contributed by atoms with Gasteiger partial charge in [-0.3, -0.25) is 9.59 Å². The number of halogens is 3. The maximum absolute atomic E-state index is 13.0. The minimum Gasteiger partial charge on any atom is -0.348 e. The Morgan fingerprint density at radius 3 is 2.53 bits per heavy atom. The van der Waals surface area contributed by atoms with Crippen LogP contribution in [0.4, 0.5) is 13.2 Å². The molecule has 4 saturated carbocycles. The van der Waals surface area contributed by atoms with Crippen molar-refractivity contribution in [2.75, 3.05) is 12.3 Å². The molecule has 192 valence electrons. The molecule has 4 aliphatic rings. The summed E-state index contributed by atoms with van der Waals surface area (Å²) in [6, 6.07) is 0. The Kier molecular flexibility index (Phi) is 6.52. The van der Waals surface area contributed by atoms with Crippen LogP contribution in [-0.2, 0) is 19.4 Å². The van der Waals surface area contributed by atoms with Gasteiger partial charge in [-0.15, -0.1) is 0 Å². The monoisotopic (exact) mass is 503 g/mol. The van der Waals surface area contributed by atoms with E-state index in [0.29, 0.717) is 42.8 Å². The molecule has 9 heteroatoms. The number of fused-ring (bicyclic) bond motifs is 5. The van der Waals surface area contributed by atoms with Gasteiger partial charge < -0.3 is 5.32 Å². The molecule has 4 rings (SSSR count). The van der Waals surface area contributed by atoms with Crippen LogP contribution in [0.1, 0.15) is 71.6 Å². The van der Waals surface area contributed by atoms with Gasteiger partial charge in [0.25, 0.3) is 0 Å². The highest BCUT2D eigenvalue weighted by atomic mass is 32.2. The predicted octanol–water partition coefficient (Wildman–Crippen LogP) is 4.62. The van der Waals surface area contributed by atoms with Crippen molar-refractivity contribution in [3.05, 3.63) is 12.2 Å². The molecule has 0 spiro atoms. The molecular formula is C25H36F3NO4S. The SMILES string of the molecule is C=C1C[C@@H]2[C@@H](CC[C@]3(C)C(=O)CC[C@@H]23)[C@@]2(C)CCC(S(=O)(=O)CCCNC(=O)C(F)(F)F)CC12. The highest BCUT2D eigenvalue weighted by molar-refractivity contribution is 7.92. The van der Waals surface area contributed by atoms with Crippen molar-refractivity contribution in [3.63, 3.8) is 0 Å². The molecule has 0 aromatic heterocycles. The lowest BCUT2D eigenvalue weighted by atomic mass is 9.44. The predicted molar refractivity (Wildman–Crippen MR) is 123 cm³/mol. The zero-order valence-corrected chi connectivity index (χ0v) is 20.9. The van der Waals surface area contributed by atoms with E-state index in [1.54, 1.807) is 5.32 Å². The Morgan fingerprint density at radius 1 is 1.15 bits per heavy atom. The fourth-order valence-electron chi connectivity index (χ4n) is 8.05. The summed E-state index contributed by atoms with van der Waals surface area (Å²) >= 11 is 0. The fraction of sp³-hybridized carbons (Fsp3) is 0.840. The number of allylic oxidation sites excluding steroid dienone is 1. The molecule has 0 aromatic carbocycles. The molecule has 5 nitrogen and oxygen atoms in total. The van der Waals surface area contributed by atoms with Gasteiger partial charge in [-0.1, -0.05) is 26.0 Å². The standard InChI is InChI=1S/C25H36F3NO4S/c1-15-13-17-18-5-6-21(30)24(18,3)10-8-19(17)23(2)9-7-16(14-20(15)23)34(32,33)12-4-11-29-22(31)25(26,27)28/h16-20H,1,4-14H2,2-3H3,(H,29,31)/t16?,17-,18-,19+,20?,23+,24-/m0/s1. The van der Waals surface area contributed by atoms with Crippen molar-refractivity contribution in [2.45, 2.75) is 83.1 Å². The number of carbonyl (C=O) groups excluding carboxylic acids is 2. The van der Waals surface area contributed by atoms with Crippen LogP contribution in [-0.4, -0.2) is 43.8 Å². The summed E-state index contributed by atoms with van der Waals surface area (Å²) in [6.07, 6.45) is 1.22. The quantitative estimate of drug-likeness (QED) is 0.439. The molecule has 1 amide bonds. The topological polar surface area (TPSA) is 80.3 Å². The molecule has 4 fully saturated rings. The molecule has 1 N–H and O–H groups in total. The van der Waals surface area contributed by atoms with E-state index in [1.807, 2.05) is 0 Å². The molecule has 0 heterocycles. The van der Waals surface area contributed by atoms with Crippen molar-refractivity contribution >= 4 is 21.5 Å². The van der Waals surface area contributed by atoms with Crippen LogP contribution in [0.5, 0.6) is 0 Å². The Morgan fingerprint density at radius 2 is 1.85 bits per heavy atom. The van der Waals surface area contributed by atoms with Crippen LogP contribution in [0.3, 0.4) is 0 Å². The molecule has 2 unspecified atom stereocenters. The molecule has 7 atom stereocenters. The zero-order valence-electron chi connectivity index (χ0n) is 20.0. The second-order valence-electron chi connectivity index (χ2n) is 11.6. The molecule has 34 heavy (non-hydrogen) atoms. The number of nitrogens with one attached hydrogen (secondary N) is 1. The Bertz CT molecular complexity index is 977. The average Bonchev–Trinajstić information content (AvgIpc) is 3.05. The van der Waals surface area contributed by atoms with Gasteiger partial charge in [0.1, 0.15) is 5.78 Å². The van der Waals surface area contributed by atoms with E-state index in [1.165, 1.54) is 0 Å². The van der Waals surface area contributed by atoms with Crippen LogP contribution in [0.15, 0.2) is 12.2 Å². The van der Waals surface area contributed by atoms with Crippen molar-refractivity contribution in [2.24, 2.45) is 34.5 Å². The van der Waals surface area contributed by atoms with Crippen molar-refractivity contribution in [3.8, 4) is 0 Å². The van der Waals surface area contributed by atoms with Gasteiger partial charge in [0, 0.05) is 18.4 Å². The first-order valence-electron chi connectivity index (χ1n) is 12.5. The lowest BCUT2D eigenvalue weighted by molar-refractivity contribution is -0.173. The van der Waals surface area contributed by atoms with E-state index in [2.05, 4.69) is 20.4 Å². The van der Waals surface area contributed by atoms with Crippen LogP contribution in [0, 0.1) is 34.5 Å². The first-order chi connectivity index (χ1) is 15.7. The maximum Gasteiger partial charge on any atom is 0.471 e. The van der Waals surface area contributed by atoms with Gasteiger partial charge in [0.15, 0.2) is 9.84 Å². The lowest BCUT2D eigenvalue weighted by Gasteiger charge is -2.60. The third-order valence-electron chi connectivity index (χ3n) is 9.94. The number of ketones is 1. The Balaban J connectivity index is 1.41. The van der Waals surface area contributed by atoms with E-state index in [9.17, 15) is 31.2 Å². The van der Waals surface area contributed by atoms with Crippen LogP contribution in [0.2, 0.25) is 0 Å². The summed E-state index contributed by atoms with van der Waals surface area (Å²) in [5.41, 5.74) is 0.858. The molecule has 0 aliphatic heterocycles. The molecule has 0 aromatic rings. The second-order valence-corrected chi connectivity index (χ2v) is 14.0. The van der Waals surface area contributed by atoms with Crippen LogP contribution < -0.4 is 5.32 Å². The summed E-state index contributed by atoms with van der Waals surface area (Å²) in [5, 5.41) is 1.22. The van der Waals surface area contributed by atoms with Crippen LogP contribution >= 0.6 is 0 Å². The van der Waals surface area contributed by atoms with Gasteiger partial charge >= 0.3 is 12.1 Å². The number of rotatable bonds is 5. The number of Topliss-reactive ketones (excluding diaryl/α,β-unsaturated/α-hetero) is 1. The summed E-state index contributed by atoms with van der Waals surface area (Å²) < 4.78 is 63.0. The van der Waals surface area contributed by atoms with Gasteiger partial charge in [-0.2, -0.15) is 13.2 Å². The first-order valence-corrected chi connectivity index (χ1v) is 14.2. The van der Waals surface area contributed by atoms with Gasteiger partial charge in [0.05, 0.1) is 11.0 Å². The van der Waals surface area contributed by atoms with E-state index in [0.717, 1.165) is 37.7 Å². The number of alkyl halides is 3. The molecule has 0 saturated heterocycles. The number of amides is 1. The van der Waals surface area contributed by atoms with E-state index >= 15 is 0 Å². The average molecular weight is 504 g/mol. The largest absolute Gasteiger partial charge is 0.471 e. The highest BCUT2D eigenvalue weighted by Gasteiger charge is 2.61. The van der Waals surface area contributed by atoms with E-state index in [-0.39, 0.29) is 35.5 Å². The smallest absolute Gasteiger partial charge is 0.348 e. The van der Waals surface area contributed by atoms with Crippen molar-refractivity contribution < 1.29 is 31.2 Å². The lowest BCUT2D eigenvalue weighted by Crippen LogP contribution is -2.55. The number of hydrogen-bond donors (Lipinski definition) is 1. The summed E-state index contributed by atoms with van der Waals surface area (Å²) in [5.74, 6) is -0.484. The number of sulfone groups is 1. The van der Waals surface area contributed by atoms with E-state index in [4.69, 9.17) is 0 Å². The normalized spacial score (nSPS) is 40.3. The Labute approximate surface area is 200 Å². The summed E-state index contributed by atoms with van der Waals surface area (Å²) in [6.45, 7) is 8.50. The third-order valence-corrected chi connectivity index (χ3v) is 12.2. The minimum absolute atomic E-state index is 0.0281. The molecule has 0 bridgehead atoms. The Hall–Kier alpha value is -1.38. The van der Waals surface area contributed by atoms with Crippen molar-refractivity contribution in [1.29, 1.82) is 0 Å². The summed E-state index contributed by atoms with van der Waals surface area (Å²) in [7, 11) is -3.50. The minimum atomic E-state index is -4.96. The third kappa shape index (κ3) is 4.24. The number of carbonyl (C=O) groups is 2. The molecule has 4 aliphatic carbocycles. The van der Waals surface area contributed by atoms with Crippen molar-refractivity contribution in [1.82, 2.24) is 5.32 Å². The fourth-order valence-corrected chi connectivity index (χ4v) is 9.89. The molecular weight excluding hydrogens is 467 g/mol. The zero-order chi connectivity index (χ0) is 25.1. The first kappa shape index (κ1) is 25.7. The highest BCUT2D eigenvalue weighted by Crippen LogP contribution is 2.66. The van der Waals surface area contributed by atoms with Crippen LogP contribution in [0.25, 0.3) is 0 Å². The number of hydrogen-bond acceptors (Lipinski definition) is 4. The van der Waals surface area contributed by atoms with Gasteiger partial charge in [-0.25, -0.2) is 8.42 Å².